The third-order valence-corrected chi connectivity index (χ3v) is 4.87. The van der Waals surface area contributed by atoms with Crippen LogP contribution in [-0.2, 0) is 10.0 Å². The van der Waals surface area contributed by atoms with Crippen molar-refractivity contribution in [2.45, 2.75) is 56.2 Å². The van der Waals surface area contributed by atoms with Crippen molar-refractivity contribution in [3.05, 3.63) is 0 Å². The Morgan fingerprint density at radius 1 is 1.18 bits per heavy atom. The molecular formula is C11H17N3O2S. The van der Waals surface area contributed by atoms with E-state index in [4.69, 9.17) is 5.26 Å². The van der Waals surface area contributed by atoms with Gasteiger partial charge in [-0.25, -0.2) is 8.42 Å². The Morgan fingerprint density at radius 3 is 2.12 bits per heavy atom. The fourth-order valence-corrected chi connectivity index (χ4v) is 3.11. The number of hydrogen-bond acceptors (Lipinski definition) is 4. The van der Waals surface area contributed by atoms with Gasteiger partial charge in [0, 0.05) is 0 Å². The van der Waals surface area contributed by atoms with Crippen molar-refractivity contribution in [1.82, 2.24) is 4.72 Å². The Morgan fingerprint density at radius 2 is 1.71 bits per heavy atom. The van der Waals surface area contributed by atoms with Gasteiger partial charge in [-0.3, -0.25) is 0 Å². The molecule has 17 heavy (non-hydrogen) atoms. The van der Waals surface area contributed by atoms with Gasteiger partial charge in [-0.1, -0.05) is 25.7 Å². The van der Waals surface area contributed by atoms with Crippen molar-refractivity contribution >= 4 is 10.0 Å². The van der Waals surface area contributed by atoms with Gasteiger partial charge in [-0.15, -0.1) is 0 Å². The molecule has 1 N–H and O–H groups in total. The molecule has 0 radical (unpaired) electrons. The summed E-state index contributed by atoms with van der Waals surface area (Å²) in [5.41, 5.74) is -1.01. The standard InChI is InChI=1S/C11H17N3O2S/c1-10(8-12)17(15,16)14-11(9-13)6-4-2-3-5-7-11/h10,14H,2-7H2,1H3. The van der Waals surface area contributed by atoms with E-state index in [1.807, 2.05) is 0 Å². The van der Waals surface area contributed by atoms with Crippen molar-refractivity contribution in [2.24, 2.45) is 0 Å². The third kappa shape index (κ3) is 3.42. The minimum atomic E-state index is -3.73. The van der Waals surface area contributed by atoms with Crippen LogP contribution in [0.1, 0.15) is 45.4 Å². The topological polar surface area (TPSA) is 93.8 Å². The van der Waals surface area contributed by atoms with E-state index in [1.165, 1.54) is 6.92 Å². The monoisotopic (exact) mass is 255 g/mol. The SMILES string of the molecule is CC(C#N)S(=O)(=O)NC1(C#N)CCCCCC1. The minimum Gasteiger partial charge on any atom is -0.211 e. The molecule has 0 spiro atoms. The van der Waals surface area contributed by atoms with Crippen LogP contribution in [0.15, 0.2) is 0 Å². The highest BCUT2D eigenvalue weighted by Gasteiger charge is 2.37. The summed E-state index contributed by atoms with van der Waals surface area (Å²) in [5.74, 6) is 0. The number of hydrogen-bond donors (Lipinski definition) is 1. The molecule has 0 saturated heterocycles. The first-order valence-corrected chi connectivity index (χ1v) is 7.34. The number of nitrogens with one attached hydrogen (secondary N) is 1. The average Bonchev–Trinajstić information content (AvgIpc) is 2.53. The Labute approximate surface area is 102 Å². The Kier molecular flexibility index (Phi) is 4.50. The van der Waals surface area contributed by atoms with Gasteiger partial charge in [0.1, 0.15) is 5.54 Å². The molecule has 0 heterocycles. The second-order valence-electron chi connectivity index (χ2n) is 4.53. The molecule has 0 amide bonds. The highest BCUT2D eigenvalue weighted by atomic mass is 32.2. The quantitative estimate of drug-likeness (QED) is 0.772. The second kappa shape index (κ2) is 5.48. The smallest absolute Gasteiger partial charge is 0.211 e. The van der Waals surface area contributed by atoms with Crippen LogP contribution < -0.4 is 4.72 Å². The molecule has 0 bridgehead atoms. The molecule has 1 unspecified atom stereocenters. The van der Waals surface area contributed by atoms with E-state index < -0.39 is 20.8 Å². The van der Waals surface area contributed by atoms with Gasteiger partial charge in [-0.2, -0.15) is 15.2 Å². The number of nitrogens with zero attached hydrogens (tertiary/aromatic N) is 2. The zero-order chi connectivity index (χ0) is 12.9. The molecule has 0 aromatic carbocycles. The van der Waals surface area contributed by atoms with Crippen LogP contribution in [0.25, 0.3) is 0 Å². The summed E-state index contributed by atoms with van der Waals surface area (Å²) < 4.78 is 26.1. The van der Waals surface area contributed by atoms with Gasteiger partial charge >= 0.3 is 0 Å². The summed E-state index contributed by atoms with van der Waals surface area (Å²) in [6.07, 6.45) is 4.80. The Hall–Kier alpha value is -1.11. The lowest BCUT2D eigenvalue weighted by molar-refractivity contribution is 0.421. The predicted octanol–water partition coefficient (Wildman–Crippen LogP) is 1.43. The van der Waals surface area contributed by atoms with Crippen LogP contribution in [-0.4, -0.2) is 19.2 Å². The summed E-state index contributed by atoms with van der Waals surface area (Å²) >= 11 is 0. The molecule has 0 aromatic heterocycles. The normalized spacial score (nSPS) is 21.8. The first-order valence-electron chi connectivity index (χ1n) is 5.79. The van der Waals surface area contributed by atoms with Crippen LogP contribution in [0.5, 0.6) is 0 Å². The molecule has 1 saturated carbocycles. The number of rotatable bonds is 3. The van der Waals surface area contributed by atoms with Crippen LogP contribution in [0.2, 0.25) is 0 Å². The fraction of sp³-hybridized carbons (Fsp3) is 0.818. The zero-order valence-electron chi connectivity index (χ0n) is 9.94. The van der Waals surface area contributed by atoms with Crippen molar-refractivity contribution in [3.63, 3.8) is 0 Å². The van der Waals surface area contributed by atoms with Crippen molar-refractivity contribution in [1.29, 1.82) is 10.5 Å². The summed E-state index contributed by atoms with van der Waals surface area (Å²) in [4.78, 5) is 0. The molecule has 0 aliphatic heterocycles. The van der Waals surface area contributed by atoms with Gasteiger partial charge in [0.25, 0.3) is 0 Å². The fourth-order valence-electron chi connectivity index (χ4n) is 2.00. The third-order valence-electron chi connectivity index (χ3n) is 3.16. The van der Waals surface area contributed by atoms with Gasteiger partial charge in [0.05, 0.1) is 12.1 Å². The molecule has 1 aliphatic carbocycles. The second-order valence-corrected chi connectivity index (χ2v) is 6.53. The molecule has 1 rings (SSSR count). The zero-order valence-corrected chi connectivity index (χ0v) is 10.8. The van der Waals surface area contributed by atoms with Gasteiger partial charge in [0.15, 0.2) is 5.25 Å². The molecule has 1 aliphatic rings. The van der Waals surface area contributed by atoms with E-state index in [-0.39, 0.29) is 0 Å². The predicted molar refractivity (Wildman–Crippen MR) is 63.2 cm³/mol. The van der Waals surface area contributed by atoms with E-state index in [0.29, 0.717) is 12.8 Å². The lowest BCUT2D eigenvalue weighted by atomic mass is 9.94. The van der Waals surface area contributed by atoms with Gasteiger partial charge in [-0.05, 0) is 19.8 Å². The van der Waals surface area contributed by atoms with E-state index in [2.05, 4.69) is 10.8 Å². The Balaban J connectivity index is 2.90. The van der Waals surface area contributed by atoms with Crippen LogP contribution in [0.3, 0.4) is 0 Å². The van der Waals surface area contributed by atoms with Crippen LogP contribution in [0, 0.1) is 22.7 Å². The maximum atomic E-state index is 11.8. The van der Waals surface area contributed by atoms with Gasteiger partial charge < -0.3 is 0 Å². The minimum absolute atomic E-state index is 0.529. The largest absolute Gasteiger partial charge is 0.229 e. The molecule has 1 fully saturated rings. The van der Waals surface area contributed by atoms with Crippen molar-refractivity contribution in [3.8, 4) is 12.1 Å². The van der Waals surface area contributed by atoms with Crippen LogP contribution >= 0.6 is 0 Å². The summed E-state index contributed by atoms with van der Waals surface area (Å²) in [7, 11) is -3.73. The van der Waals surface area contributed by atoms with Gasteiger partial charge in [0.2, 0.25) is 10.0 Å². The molecule has 6 heteroatoms. The maximum Gasteiger partial charge on any atom is 0.229 e. The van der Waals surface area contributed by atoms with E-state index >= 15 is 0 Å². The molecule has 1 atom stereocenters. The van der Waals surface area contributed by atoms with Crippen LogP contribution in [0.4, 0.5) is 0 Å². The Bertz CT molecular complexity index is 436. The first kappa shape index (κ1) is 14.0. The van der Waals surface area contributed by atoms with Crippen molar-refractivity contribution < 1.29 is 8.42 Å². The average molecular weight is 255 g/mol. The highest BCUT2D eigenvalue weighted by molar-refractivity contribution is 7.90. The van der Waals surface area contributed by atoms with E-state index in [1.54, 1.807) is 6.07 Å². The molecular weight excluding hydrogens is 238 g/mol. The highest BCUT2D eigenvalue weighted by Crippen LogP contribution is 2.27. The lowest BCUT2D eigenvalue weighted by Gasteiger charge is -2.26. The van der Waals surface area contributed by atoms with E-state index in [9.17, 15) is 13.7 Å². The summed E-state index contributed by atoms with van der Waals surface area (Å²) in [6, 6.07) is 3.78. The number of sulfonamides is 1. The van der Waals surface area contributed by atoms with E-state index in [0.717, 1.165) is 25.7 Å². The molecule has 94 valence electrons. The first-order chi connectivity index (χ1) is 7.96. The number of nitriles is 2. The summed E-state index contributed by atoms with van der Waals surface area (Å²) in [5, 5.41) is 16.8. The van der Waals surface area contributed by atoms with Crippen molar-refractivity contribution in [2.75, 3.05) is 0 Å². The molecule has 0 aromatic rings. The lowest BCUT2D eigenvalue weighted by Crippen LogP contribution is -2.49. The molecule has 5 nitrogen and oxygen atoms in total. The maximum absolute atomic E-state index is 11.8. The summed E-state index contributed by atoms with van der Waals surface area (Å²) in [6.45, 7) is 1.32.